The van der Waals surface area contributed by atoms with Crippen LogP contribution in [0.5, 0.6) is 5.75 Å². The molecule has 0 aliphatic heterocycles. The molecule has 1 unspecified atom stereocenters. The van der Waals surface area contributed by atoms with Gasteiger partial charge >= 0.3 is 0 Å². The molecule has 0 aromatic heterocycles. The highest BCUT2D eigenvalue weighted by Gasteiger charge is 2.09. The van der Waals surface area contributed by atoms with Crippen molar-refractivity contribution >= 4 is 15.9 Å². The Morgan fingerprint density at radius 2 is 2.19 bits per heavy atom. The van der Waals surface area contributed by atoms with Crippen LogP contribution >= 0.6 is 15.9 Å². The molecule has 1 rings (SSSR count). The Bertz CT molecular complexity index is 328. The summed E-state index contributed by atoms with van der Waals surface area (Å²) >= 11 is 3.38. The van der Waals surface area contributed by atoms with Crippen molar-refractivity contribution in [1.82, 2.24) is 0 Å². The van der Waals surface area contributed by atoms with Crippen molar-refractivity contribution < 1.29 is 14.6 Å². The fourth-order valence-electron chi connectivity index (χ4n) is 1.33. The molecule has 0 heterocycles. The molecule has 0 spiro atoms. The molecule has 1 aromatic rings. The maximum absolute atomic E-state index is 9.85. The Labute approximate surface area is 105 Å². The van der Waals surface area contributed by atoms with E-state index in [0.717, 1.165) is 22.2 Å². The van der Waals surface area contributed by atoms with Crippen molar-refractivity contribution in [3.8, 4) is 5.75 Å². The van der Waals surface area contributed by atoms with Crippen LogP contribution < -0.4 is 4.74 Å². The topological polar surface area (TPSA) is 38.7 Å². The van der Waals surface area contributed by atoms with E-state index in [4.69, 9.17) is 9.47 Å². The van der Waals surface area contributed by atoms with Gasteiger partial charge in [-0.3, -0.25) is 0 Å². The predicted molar refractivity (Wildman–Crippen MR) is 66.8 cm³/mol. The highest BCUT2D eigenvalue weighted by Crippen LogP contribution is 2.28. The Balaban J connectivity index is 2.62. The number of hydrogen-bond donors (Lipinski definition) is 1. The molecule has 0 saturated carbocycles. The number of ether oxygens (including phenoxy) is 2. The van der Waals surface area contributed by atoms with E-state index >= 15 is 0 Å². The van der Waals surface area contributed by atoms with Crippen LogP contribution in [0.1, 0.15) is 25.0 Å². The predicted octanol–water partition coefficient (Wildman–Crippen LogP) is 2.92. The van der Waals surface area contributed by atoms with Crippen molar-refractivity contribution in [3.05, 3.63) is 28.2 Å². The number of methoxy groups -OCH3 is 1. The first-order chi connectivity index (χ1) is 7.69. The molecule has 0 aliphatic rings. The van der Waals surface area contributed by atoms with E-state index in [-0.39, 0.29) is 0 Å². The molecule has 0 amide bonds. The number of hydrogen-bond acceptors (Lipinski definition) is 3. The SMILES string of the molecule is CCCOCC(O)c1ccc(OC)c(Br)c1. The van der Waals surface area contributed by atoms with E-state index in [0.29, 0.717) is 13.2 Å². The third-order valence-corrected chi connectivity index (χ3v) is 2.80. The monoisotopic (exact) mass is 288 g/mol. The lowest BCUT2D eigenvalue weighted by Crippen LogP contribution is -2.07. The highest BCUT2D eigenvalue weighted by molar-refractivity contribution is 9.10. The van der Waals surface area contributed by atoms with Gasteiger partial charge in [-0.15, -0.1) is 0 Å². The summed E-state index contributed by atoms with van der Waals surface area (Å²) < 4.78 is 11.3. The highest BCUT2D eigenvalue weighted by atomic mass is 79.9. The summed E-state index contributed by atoms with van der Waals surface area (Å²) in [6.07, 6.45) is 0.368. The normalized spacial score (nSPS) is 12.5. The first-order valence-electron chi connectivity index (χ1n) is 5.28. The molecular formula is C12H17BrO3. The third kappa shape index (κ3) is 3.77. The Morgan fingerprint density at radius 1 is 1.44 bits per heavy atom. The number of rotatable bonds is 6. The van der Waals surface area contributed by atoms with Gasteiger partial charge in [-0.05, 0) is 40.0 Å². The summed E-state index contributed by atoms with van der Waals surface area (Å²) in [5.41, 5.74) is 0.823. The van der Waals surface area contributed by atoms with Gasteiger partial charge in [0.1, 0.15) is 11.9 Å². The van der Waals surface area contributed by atoms with E-state index in [1.807, 2.05) is 25.1 Å². The second kappa shape index (κ2) is 6.89. The zero-order chi connectivity index (χ0) is 12.0. The standard InChI is InChI=1S/C12H17BrO3/c1-3-6-16-8-11(14)9-4-5-12(15-2)10(13)7-9/h4-5,7,11,14H,3,6,8H2,1-2H3. The molecule has 0 fully saturated rings. The fraction of sp³-hybridized carbons (Fsp3) is 0.500. The summed E-state index contributed by atoms with van der Waals surface area (Å²) in [6, 6.07) is 5.50. The molecule has 90 valence electrons. The van der Waals surface area contributed by atoms with Gasteiger partial charge in [0.05, 0.1) is 18.2 Å². The van der Waals surface area contributed by atoms with Gasteiger partial charge in [0.25, 0.3) is 0 Å². The van der Waals surface area contributed by atoms with E-state index in [2.05, 4.69) is 15.9 Å². The maximum Gasteiger partial charge on any atom is 0.133 e. The van der Waals surface area contributed by atoms with Crippen LogP contribution in [0.2, 0.25) is 0 Å². The van der Waals surface area contributed by atoms with Gasteiger partial charge in [-0.2, -0.15) is 0 Å². The van der Waals surface area contributed by atoms with Gasteiger partial charge in [-0.1, -0.05) is 13.0 Å². The summed E-state index contributed by atoms with van der Waals surface area (Å²) in [5.74, 6) is 0.755. The zero-order valence-electron chi connectivity index (χ0n) is 9.57. The average molecular weight is 289 g/mol. The molecule has 1 atom stereocenters. The maximum atomic E-state index is 9.85. The lowest BCUT2D eigenvalue weighted by atomic mass is 10.1. The minimum atomic E-state index is -0.589. The lowest BCUT2D eigenvalue weighted by molar-refractivity contribution is 0.0363. The van der Waals surface area contributed by atoms with Crippen LogP contribution in [0.4, 0.5) is 0 Å². The van der Waals surface area contributed by atoms with Crippen LogP contribution in [0.15, 0.2) is 22.7 Å². The number of aliphatic hydroxyl groups is 1. The van der Waals surface area contributed by atoms with Crippen LogP contribution in [-0.2, 0) is 4.74 Å². The summed E-state index contributed by atoms with van der Waals surface area (Å²) in [5, 5.41) is 9.85. The molecule has 3 nitrogen and oxygen atoms in total. The van der Waals surface area contributed by atoms with Crippen molar-refractivity contribution in [1.29, 1.82) is 0 Å². The first kappa shape index (κ1) is 13.5. The summed E-state index contributed by atoms with van der Waals surface area (Å²) in [6.45, 7) is 3.04. The Morgan fingerprint density at radius 3 is 2.75 bits per heavy atom. The third-order valence-electron chi connectivity index (χ3n) is 2.18. The largest absolute Gasteiger partial charge is 0.496 e. The molecule has 4 heteroatoms. The van der Waals surface area contributed by atoms with Crippen LogP contribution in [0.3, 0.4) is 0 Å². The van der Waals surface area contributed by atoms with Crippen LogP contribution in [0.25, 0.3) is 0 Å². The minimum absolute atomic E-state index is 0.326. The zero-order valence-corrected chi connectivity index (χ0v) is 11.2. The molecule has 0 saturated heterocycles. The molecule has 1 N–H and O–H groups in total. The molecular weight excluding hydrogens is 272 g/mol. The first-order valence-corrected chi connectivity index (χ1v) is 6.07. The van der Waals surface area contributed by atoms with E-state index < -0.39 is 6.10 Å². The molecule has 1 aromatic carbocycles. The van der Waals surface area contributed by atoms with E-state index in [1.54, 1.807) is 7.11 Å². The van der Waals surface area contributed by atoms with Gasteiger partial charge in [0.2, 0.25) is 0 Å². The second-order valence-electron chi connectivity index (χ2n) is 3.48. The number of benzene rings is 1. The van der Waals surface area contributed by atoms with Gasteiger partial charge in [0, 0.05) is 6.61 Å². The van der Waals surface area contributed by atoms with Gasteiger partial charge in [0.15, 0.2) is 0 Å². The summed E-state index contributed by atoms with van der Waals surface area (Å²) in [4.78, 5) is 0. The Kier molecular flexibility index (Phi) is 5.80. The number of aliphatic hydroxyl groups excluding tert-OH is 1. The number of halogens is 1. The quantitative estimate of drug-likeness (QED) is 0.818. The second-order valence-corrected chi connectivity index (χ2v) is 4.34. The smallest absolute Gasteiger partial charge is 0.133 e. The van der Waals surface area contributed by atoms with Crippen molar-refractivity contribution in [2.75, 3.05) is 20.3 Å². The molecule has 0 aliphatic carbocycles. The van der Waals surface area contributed by atoms with Crippen LogP contribution in [-0.4, -0.2) is 25.4 Å². The minimum Gasteiger partial charge on any atom is -0.496 e. The van der Waals surface area contributed by atoms with E-state index in [1.165, 1.54) is 0 Å². The molecule has 16 heavy (non-hydrogen) atoms. The van der Waals surface area contributed by atoms with Crippen molar-refractivity contribution in [2.45, 2.75) is 19.4 Å². The fourth-order valence-corrected chi connectivity index (χ4v) is 1.88. The Hall–Kier alpha value is -0.580. The van der Waals surface area contributed by atoms with Crippen molar-refractivity contribution in [3.63, 3.8) is 0 Å². The molecule has 0 bridgehead atoms. The van der Waals surface area contributed by atoms with Crippen LogP contribution in [0, 0.1) is 0 Å². The van der Waals surface area contributed by atoms with E-state index in [9.17, 15) is 5.11 Å². The van der Waals surface area contributed by atoms with Crippen molar-refractivity contribution in [2.24, 2.45) is 0 Å². The average Bonchev–Trinajstić information content (AvgIpc) is 2.29. The summed E-state index contributed by atoms with van der Waals surface area (Å²) in [7, 11) is 1.61. The van der Waals surface area contributed by atoms with Gasteiger partial charge < -0.3 is 14.6 Å². The lowest BCUT2D eigenvalue weighted by Gasteiger charge is -2.12. The van der Waals surface area contributed by atoms with Gasteiger partial charge in [-0.25, -0.2) is 0 Å². The molecule has 0 radical (unpaired) electrons.